The second kappa shape index (κ2) is 6.39. The van der Waals surface area contributed by atoms with Crippen molar-refractivity contribution in [3.05, 3.63) is 29.3 Å². The van der Waals surface area contributed by atoms with Crippen molar-refractivity contribution in [1.82, 2.24) is 4.31 Å². The molecular weight excluding hydrogens is 308 g/mol. The molecule has 1 heterocycles. The lowest BCUT2D eigenvalue weighted by molar-refractivity contribution is -0.00278. The Morgan fingerprint density at radius 3 is 2.86 bits per heavy atom. The van der Waals surface area contributed by atoms with Crippen molar-refractivity contribution in [3.8, 4) is 0 Å². The molecular formula is C14H20N2O3S2. The fourth-order valence-electron chi connectivity index (χ4n) is 2.33. The van der Waals surface area contributed by atoms with E-state index < -0.39 is 10.0 Å². The average molecular weight is 328 g/mol. The third-order valence-electron chi connectivity index (χ3n) is 3.65. The number of hydrogen-bond donors (Lipinski definition) is 1. The number of thiocarbonyl (C=S) groups is 1. The fraction of sp³-hybridized carbons (Fsp3) is 0.500. The lowest BCUT2D eigenvalue weighted by Crippen LogP contribution is -2.45. The number of ether oxygens (including phenoxy) is 1. The third kappa shape index (κ3) is 3.42. The molecule has 2 N–H and O–H groups in total. The second-order valence-electron chi connectivity index (χ2n) is 5.11. The summed E-state index contributed by atoms with van der Waals surface area (Å²) in [5, 5.41) is 0. The molecule has 116 valence electrons. The summed E-state index contributed by atoms with van der Waals surface area (Å²) in [6.07, 6.45) is 0.741. The summed E-state index contributed by atoms with van der Waals surface area (Å²) in [6.45, 7) is 4.93. The van der Waals surface area contributed by atoms with E-state index >= 15 is 0 Å². The number of rotatable bonds is 4. The summed E-state index contributed by atoms with van der Waals surface area (Å²) in [5.74, 6) is 0. The maximum absolute atomic E-state index is 12.8. The largest absolute Gasteiger partial charge is 0.389 e. The van der Waals surface area contributed by atoms with E-state index in [2.05, 4.69) is 0 Å². The van der Waals surface area contributed by atoms with Crippen LogP contribution in [0.1, 0.15) is 24.5 Å². The molecule has 0 saturated carbocycles. The summed E-state index contributed by atoms with van der Waals surface area (Å²) in [5.41, 5.74) is 6.85. The van der Waals surface area contributed by atoms with Crippen LogP contribution in [0.5, 0.6) is 0 Å². The molecule has 0 aliphatic carbocycles. The van der Waals surface area contributed by atoms with Gasteiger partial charge < -0.3 is 10.5 Å². The standard InChI is InChI=1S/C14H20N2O3S2/c1-3-12-9-16(6-7-19-12)21(17,18)13-8-11(14(15)20)5-4-10(13)2/h4-5,8,12H,3,6-7,9H2,1-2H3,(H2,15,20). The van der Waals surface area contributed by atoms with E-state index in [1.54, 1.807) is 25.1 Å². The van der Waals surface area contributed by atoms with Crippen molar-refractivity contribution in [2.75, 3.05) is 19.7 Å². The molecule has 1 saturated heterocycles. The highest BCUT2D eigenvalue weighted by Gasteiger charge is 2.31. The summed E-state index contributed by atoms with van der Waals surface area (Å²) in [4.78, 5) is 0.462. The first-order valence-corrected chi connectivity index (χ1v) is 8.73. The van der Waals surface area contributed by atoms with E-state index in [9.17, 15) is 8.42 Å². The smallest absolute Gasteiger partial charge is 0.243 e. The average Bonchev–Trinajstić information content (AvgIpc) is 2.47. The highest BCUT2D eigenvalue weighted by molar-refractivity contribution is 7.89. The molecule has 2 rings (SSSR count). The van der Waals surface area contributed by atoms with Gasteiger partial charge in [0.05, 0.1) is 17.6 Å². The van der Waals surface area contributed by atoms with E-state index in [1.165, 1.54) is 4.31 Å². The fourth-order valence-corrected chi connectivity index (χ4v) is 4.16. The Kier molecular flexibility index (Phi) is 4.98. The monoisotopic (exact) mass is 328 g/mol. The molecule has 1 aliphatic heterocycles. The lowest BCUT2D eigenvalue weighted by atomic mass is 10.1. The first kappa shape index (κ1) is 16.4. The van der Waals surface area contributed by atoms with Crippen LogP contribution in [0, 0.1) is 6.92 Å². The first-order valence-electron chi connectivity index (χ1n) is 6.88. The molecule has 1 atom stereocenters. The Hall–Kier alpha value is -1.02. The van der Waals surface area contributed by atoms with Crippen LogP contribution in [-0.2, 0) is 14.8 Å². The van der Waals surface area contributed by atoms with E-state index in [4.69, 9.17) is 22.7 Å². The van der Waals surface area contributed by atoms with Crippen molar-refractivity contribution in [2.45, 2.75) is 31.3 Å². The van der Waals surface area contributed by atoms with E-state index in [0.717, 1.165) is 6.42 Å². The van der Waals surface area contributed by atoms with Gasteiger partial charge in [0, 0.05) is 18.7 Å². The van der Waals surface area contributed by atoms with Crippen LogP contribution < -0.4 is 5.73 Å². The zero-order valence-electron chi connectivity index (χ0n) is 12.2. The van der Waals surface area contributed by atoms with Gasteiger partial charge in [0.1, 0.15) is 4.99 Å². The van der Waals surface area contributed by atoms with Crippen LogP contribution in [0.25, 0.3) is 0 Å². The van der Waals surface area contributed by atoms with Crippen LogP contribution in [-0.4, -0.2) is 43.5 Å². The minimum Gasteiger partial charge on any atom is -0.389 e. The Labute approximate surface area is 131 Å². The maximum atomic E-state index is 12.8. The first-order chi connectivity index (χ1) is 9.86. The number of hydrogen-bond acceptors (Lipinski definition) is 4. The van der Waals surface area contributed by atoms with Crippen molar-refractivity contribution in [2.24, 2.45) is 5.73 Å². The van der Waals surface area contributed by atoms with Gasteiger partial charge in [-0.15, -0.1) is 0 Å². The summed E-state index contributed by atoms with van der Waals surface area (Å²) in [7, 11) is -3.55. The summed E-state index contributed by atoms with van der Waals surface area (Å²) in [6, 6.07) is 5.04. The molecule has 0 radical (unpaired) electrons. The van der Waals surface area contributed by atoms with Gasteiger partial charge in [0.2, 0.25) is 10.0 Å². The third-order valence-corrected chi connectivity index (χ3v) is 5.89. The predicted octanol–water partition coefficient (Wildman–Crippen LogP) is 1.43. The van der Waals surface area contributed by atoms with Gasteiger partial charge in [-0.3, -0.25) is 0 Å². The molecule has 1 aromatic carbocycles. The van der Waals surface area contributed by atoms with E-state index in [0.29, 0.717) is 30.8 Å². The van der Waals surface area contributed by atoms with Gasteiger partial charge in [-0.1, -0.05) is 31.3 Å². The van der Waals surface area contributed by atoms with Crippen molar-refractivity contribution in [3.63, 3.8) is 0 Å². The molecule has 0 amide bonds. The Morgan fingerprint density at radius 2 is 2.24 bits per heavy atom. The maximum Gasteiger partial charge on any atom is 0.243 e. The Morgan fingerprint density at radius 1 is 1.52 bits per heavy atom. The Balaban J connectivity index is 2.39. The Bertz CT molecular complexity index is 644. The normalized spacial score (nSPS) is 20.4. The van der Waals surface area contributed by atoms with Crippen LogP contribution in [0.3, 0.4) is 0 Å². The van der Waals surface area contributed by atoms with Crippen LogP contribution in [0.4, 0.5) is 0 Å². The zero-order chi connectivity index (χ0) is 15.6. The molecule has 1 fully saturated rings. The van der Waals surface area contributed by atoms with Gasteiger partial charge in [-0.25, -0.2) is 8.42 Å². The predicted molar refractivity (Wildman–Crippen MR) is 85.9 cm³/mol. The number of benzene rings is 1. The highest BCUT2D eigenvalue weighted by atomic mass is 32.2. The van der Waals surface area contributed by atoms with Gasteiger partial charge in [-0.05, 0) is 25.0 Å². The molecule has 1 aromatic rings. The minimum atomic E-state index is -3.55. The van der Waals surface area contributed by atoms with Crippen molar-refractivity contribution in [1.29, 1.82) is 0 Å². The number of nitrogens with zero attached hydrogens (tertiary/aromatic N) is 1. The van der Waals surface area contributed by atoms with Gasteiger partial charge in [-0.2, -0.15) is 4.31 Å². The topological polar surface area (TPSA) is 72.6 Å². The molecule has 1 unspecified atom stereocenters. The SMILES string of the molecule is CCC1CN(S(=O)(=O)c2cc(C(N)=S)ccc2C)CCO1. The van der Waals surface area contributed by atoms with Crippen molar-refractivity contribution >= 4 is 27.2 Å². The summed E-state index contributed by atoms with van der Waals surface area (Å²) < 4.78 is 32.7. The lowest BCUT2D eigenvalue weighted by Gasteiger charge is -2.32. The molecule has 0 bridgehead atoms. The molecule has 1 aliphatic rings. The molecule has 0 spiro atoms. The molecule has 0 aromatic heterocycles. The highest BCUT2D eigenvalue weighted by Crippen LogP contribution is 2.23. The van der Waals surface area contributed by atoms with E-state index in [-0.39, 0.29) is 16.0 Å². The number of nitrogens with two attached hydrogens (primary N) is 1. The van der Waals surface area contributed by atoms with Crippen molar-refractivity contribution < 1.29 is 13.2 Å². The van der Waals surface area contributed by atoms with Crippen LogP contribution in [0.2, 0.25) is 0 Å². The molecule has 5 nitrogen and oxygen atoms in total. The summed E-state index contributed by atoms with van der Waals surface area (Å²) >= 11 is 4.93. The van der Waals surface area contributed by atoms with Gasteiger partial charge in [0.25, 0.3) is 0 Å². The molecule has 21 heavy (non-hydrogen) atoms. The van der Waals surface area contributed by atoms with Gasteiger partial charge in [0.15, 0.2) is 0 Å². The number of aryl methyl sites for hydroxylation is 1. The van der Waals surface area contributed by atoms with E-state index in [1.807, 2.05) is 6.92 Å². The van der Waals surface area contributed by atoms with Crippen LogP contribution >= 0.6 is 12.2 Å². The minimum absolute atomic E-state index is 0.0485. The van der Waals surface area contributed by atoms with Crippen LogP contribution in [0.15, 0.2) is 23.1 Å². The quantitative estimate of drug-likeness (QED) is 0.847. The second-order valence-corrected chi connectivity index (χ2v) is 7.45. The number of morpholine rings is 1. The van der Waals surface area contributed by atoms with Gasteiger partial charge >= 0.3 is 0 Å². The zero-order valence-corrected chi connectivity index (χ0v) is 13.8. The molecule has 7 heteroatoms. The number of sulfonamides is 1.